The highest BCUT2D eigenvalue weighted by Gasteiger charge is 2.18. The fourth-order valence-corrected chi connectivity index (χ4v) is 2.21. The van der Waals surface area contributed by atoms with E-state index in [2.05, 4.69) is 64.2 Å². The minimum atomic E-state index is 0.202. The predicted molar refractivity (Wildman–Crippen MR) is 77.8 cm³/mol. The van der Waals surface area contributed by atoms with E-state index in [1.165, 1.54) is 30.5 Å². The molecule has 1 unspecified atom stereocenters. The molecule has 0 saturated heterocycles. The molecule has 0 aromatic heterocycles. The molecule has 0 saturated carbocycles. The minimum absolute atomic E-state index is 0.202. The van der Waals surface area contributed by atoms with E-state index in [1.54, 1.807) is 0 Å². The van der Waals surface area contributed by atoms with Crippen LogP contribution in [0.5, 0.6) is 0 Å². The Bertz CT molecular complexity index is 336. The molecular formula is C16H27N. The molecule has 1 rings (SSSR count). The van der Waals surface area contributed by atoms with Crippen LogP contribution < -0.4 is 5.32 Å². The number of rotatable bonds is 5. The quantitative estimate of drug-likeness (QED) is 0.756. The molecule has 0 amide bonds. The molecule has 0 aliphatic carbocycles. The molecule has 1 atom stereocenters. The topological polar surface area (TPSA) is 12.0 Å². The molecule has 0 heterocycles. The average Bonchev–Trinajstić information content (AvgIpc) is 2.27. The molecule has 0 spiro atoms. The number of benzene rings is 1. The van der Waals surface area contributed by atoms with Gasteiger partial charge in [0.15, 0.2) is 0 Å². The third-order valence-electron chi connectivity index (χ3n) is 3.22. The number of hydrogen-bond acceptors (Lipinski definition) is 1. The van der Waals surface area contributed by atoms with Crippen molar-refractivity contribution >= 4 is 5.69 Å². The van der Waals surface area contributed by atoms with Gasteiger partial charge in [0.05, 0.1) is 0 Å². The third kappa shape index (κ3) is 4.07. The first-order valence-electron chi connectivity index (χ1n) is 6.85. The zero-order chi connectivity index (χ0) is 12.9. The van der Waals surface area contributed by atoms with Gasteiger partial charge in [-0.15, -0.1) is 0 Å². The average molecular weight is 233 g/mol. The lowest BCUT2D eigenvalue weighted by molar-refractivity contribution is 0.583. The van der Waals surface area contributed by atoms with Crippen molar-refractivity contribution in [2.24, 2.45) is 0 Å². The molecule has 0 aliphatic heterocycles. The van der Waals surface area contributed by atoms with Crippen molar-refractivity contribution in [2.45, 2.75) is 65.3 Å². The molecule has 1 heteroatoms. The third-order valence-corrected chi connectivity index (χ3v) is 3.22. The molecule has 17 heavy (non-hydrogen) atoms. The van der Waals surface area contributed by atoms with Gasteiger partial charge in [-0.1, -0.05) is 59.2 Å². The van der Waals surface area contributed by atoms with Crippen LogP contribution in [0.1, 0.15) is 59.4 Å². The monoisotopic (exact) mass is 233 g/mol. The Labute approximate surface area is 107 Å². The number of anilines is 1. The van der Waals surface area contributed by atoms with E-state index < -0.39 is 0 Å². The zero-order valence-corrected chi connectivity index (χ0v) is 12.0. The van der Waals surface area contributed by atoms with E-state index in [0.29, 0.717) is 6.04 Å². The van der Waals surface area contributed by atoms with Crippen LogP contribution in [0.15, 0.2) is 24.3 Å². The summed E-state index contributed by atoms with van der Waals surface area (Å²) in [6.07, 6.45) is 3.67. The van der Waals surface area contributed by atoms with Crippen molar-refractivity contribution < 1.29 is 0 Å². The van der Waals surface area contributed by atoms with E-state index in [0.717, 1.165) is 0 Å². The van der Waals surface area contributed by atoms with Gasteiger partial charge in [-0.3, -0.25) is 0 Å². The van der Waals surface area contributed by atoms with Crippen molar-refractivity contribution in [3.63, 3.8) is 0 Å². The smallest absolute Gasteiger partial charge is 0.0380 e. The molecular weight excluding hydrogens is 206 g/mol. The summed E-state index contributed by atoms with van der Waals surface area (Å²) in [6, 6.07) is 9.30. The van der Waals surface area contributed by atoms with E-state index in [4.69, 9.17) is 0 Å². The summed E-state index contributed by atoms with van der Waals surface area (Å²) in [5.41, 5.74) is 2.92. The fourth-order valence-electron chi connectivity index (χ4n) is 2.21. The van der Waals surface area contributed by atoms with Gasteiger partial charge in [-0.2, -0.15) is 0 Å². The normalized spacial score (nSPS) is 13.5. The number of nitrogens with one attached hydrogen (secondary N) is 1. The Morgan fingerprint density at radius 2 is 1.76 bits per heavy atom. The number of para-hydroxylation sites is 1. The summed E-state index contributed by atoms with van der Waals surface area (Å²) in [6.45, 7) is 11.3. The van der Waals surface area contributed by atoms with Gasteiger partial charge in [0.25, 0.3) is 0 Å². The lowest BCUT2D eigenvalue weighted by atomic mass is 9.85. The Balaban J connectivity index is 2.90. The van der Waals surface area contributed by atoms with Gasteiger partial charge in [-0.25, -0.2) is 0 Å². The van der Waals surface area contributed by atoms with Crippen LogP contribution in [0.2, 0.25) is 0 Å². The van der Waals surface area contributed by atoms with Crippen LogP contribution in [0.25, 0.3) is 0 Å². The van der Waals surface area contributed by atoms with Crippen LogP contribution in [0.4, 0.5) is 5.69 Å². The number of hydrogen-bond donors (Lipinski definition) is 1. The molecule has 0 radical (unpaired) electrons. The lowest BCUT2D eigenvalue weighted by Gasteiger charge is -2.26. The summed E-state index contributed by atoms with van der Waals surface area (Å²) in [7, 11) is 0. The molecule has 0 aliphatic rings. The largest absolute Gasteiger partial charge is 0.382 e. The highest BCUT2D eigenvalue weighted by molar-refractivity contribution is 5.54. The van der Waals surface area contributed by atoms with Gasteiger partial charge in [0.1, 0.15) is 0 Å². The van der Waals surface area contributed by atoms with Crippen LogP contribution >= 0.6 is 0 Å². The first-order valence-corrected chi connectivity index (χ1v) is 6.85. The van der Waals surface area contributed by atoms with Gasteiger partial charge in [0, 0.05) is 11.7 Å². The second-order valence-corrected chi connectivity index (χ2v) is 5.83. The van der Waals surface area contributed by atoms with Gasteiger partial charge in [-0.05, 0) is 29.9 Å². The van der Waals surface area contributed by atoms with E-state index >= 15 is 0 Å². The molecule has 0 bridgehead atoms. The fraction of sp³-hybridized carbons (Fsp3) is 0.625. The van der Waals surface area contributed by atoms with Crippen LogP contribution in [-0.4, -0.2) is 6.04 Å². The van der Waals surface area contributed by atoms with E-state index in [9.17, 15) is 0 Å². The summed E-state index contributed by atoms with van der Waals surface area (Å²) in [5, 5.41) is 3.70. The minimum Gasteiger partial charge on any atom is -0.382 e. The summed E-state index contributed by atoms with van der Waals surface area (Å²) < 4.78 is 0. The second kappa shape index (κ2) is 6.09. The molecule has 1 nitrogen and oxygen atoms in total. The van der Waals surface area contributed by atoms with Crippen molar-refractivity contribution in [2.75, 3.05) is 5.32 Å². The molecule has 1 aromatic carbocycles. The molecule has 96 valence electrons. The zero-order valence-electron chi connectivity index (χ0n) is 12.0. The molecule has 0 fully saturated rings. The predicted octanol–water partition coefficient (Wildman–Crippen LogP) is 4.97. The van der Waals surface area contributed by atoms with Crippen LogP contribution in [0, 0.1) is 0 Å². The van der Waals surface area contributed by atoms with E-state index in [1.807, 2.05) is 0 Å². The first kappa shape index (κ1) is 14.1. The SMILES string of the molecule is CCCC(CC)Nc1ccccc1C(C)(C)C. The van der Waals surface area contributed by atoms with Crippen molar-refractivity contribution in [3.05, 3.63) is 29.8 Å². The van der Waals surface area contributed by atoms with E-state index in [-0.39, 0.29) is 5.41 Å². The second-order valence-electron chi connectivity index (χ2n) is 5.83. The van der Waals surface area contributed by atoms with Crippen molar-refractivity contribution in [3.8, 4) is 0 Å². The highest BCUT2D eigenvalue weighted by Crippen LogP contribution is 2.30. The van der Waals surface area contributed by atoms with Gasteiger partial charge in [0.2, 0.25) is 0 Å². The first-order chi connectivity index (χ1) is 7.99. The summed E-state index contributed by atoms with van der Waals surface area (Å²) in [4.78, 5) is 0. The Morgan fingerprint density at radius 3 is 2.29 bits per heavy atom. The Morgan fingerprint density at radius 1 is 1.12 bits per heavy atom. The van der Waals surface area contributed by atoms with Crippen LogP contribution in [-0.2, 0) is 5.41 Å². The van der Waals surface area contributed by atoms with Gasteiger partial charge < -0.3 is 5.32 Å². The molecule has 1 N–H and O–H groups in total. The maximum Gasteiger partial charge on any atom is 0.0380 e. The highest BCUT2D eigenvalue weighted by atomic mass is 14.9. The molecule has 1 aromatic rings. The maximum absolute atomic E-state index is 3.70. The Kier molecular flexibility index (Phi) is 5.04. The van der Waals surface area contributed by atoms with Crippen molar-refractivity contribution in [1.82, 2.24) is 0 Å². The standard InChI is InChI=1S/C16H27N/c1-6-10-13(7-2)17-15-12-9-8-11-14(15)16(3,4)5/h8-9,11-13,17H,6-7,10H2,1-5H3. The summed E-state index contributed by atoms with van der Waals surface area (Å²) >= 11 is 0. The van der Waals surface area contributed by atoms with Crippen LogP contribution in [0.3, 0.4) is 0 Å². The van der Waals surface area contributed by atoms with Gasteiger partial charge >= 0.3 is 0 Å². The maximum atomic E-state index is 3.70. The Hall–Kier alpha value is -0.980. The van der Waals surface area contributed by atoms with Crippen molar-refractivity contribution in [1.29, 1.82) is 0 Å². The summed E-state index contributed by atoms with van der Waals surface area (Å²) in [5.74, 6) is 0. The lowest BCUT2D eigenvalue weighted by Crippen LogP contribution is -2.22.